The van der Waals surface area contributed by atoms with Crippen molar-refractivity contribution in [2.75, 3.05) is 0 Å². The van der Waals surface area contributed by atoms with E-state index in [2.05, 4.69) is 20.1 Å². The van der Waals surface area contributed by atoms with E-state index in [9.17, 15) is 22.8 Å². The molecule has 2 N–H and O–H groups in total. The van der Waals surface area contributed by atoms with E-state index in [-0.39, 0.29) is 0 Å². The lowest BCUT2D eigenvalue weighted by atomic mass is 10.1. The normalized spacial score (nSPS) is 13.7. The number of aromatic amines is 2. The minimum absolute atomic E-state index is 0.306. The van der Waals surface area contributed by atoms with Gasteiger partial charge in [0, 0.05) is 18.6 Å². The number of H-pyrrole nitrogens is 2. The summed E-state index contributed by atoms with van der Waals surface area (Å²) in [5.41, 5.74) is 0.748. The van der Waals surface area contributed by atoms with Gasteiger partial charge in [-0.2, -0.15) is 18.3 Å². The van der Waals surface area contributed by atoms with Crippen molar-refractivity contribution >= 4 is 5.65 Å². The van der Waals surface area contributed by atoms with Gasteiger partial charge in [-0.3, -0.25) is 9.78 Å². The van der Waals surface area contributed by atoms with E-state index in [1.165, 1.54) is 18.3 Å². The van der Waals surface area contributed by atoms with E-state index in [1.54, 1.807) is 35.1 Å². The summed E-state index contributed by atoms with van der Waals surface area (Å²) in [4.78, 5) is 31.1. The Hall–Kier alpha value is -3.69. The molecule has 3 heterocycles. The van der Waals surface area contributed by atoms with Crippen LogP contribution in [0.3, 0.4) is 0 Å². The van der Waals surface area contributed by atoms with E-state index < -0.39 is 23.0 Å². The molecule has 0 saturated heterocycles. The van der Waals surface area contributed by atoms with Crippen LogP contribution in [0.15, 0.2) is 64.6 Å². The van der Waals surface area contributed by atoms with E-state index in [4.69, 9.17) is 0 Å². The lowest BCUT2D eigenvalue weighted by Crippen LogP contribution is -2.22. The number of aromatic nitrogens is 5. The number of rotatable bonds is 2. The Morgan fingerprint density at radius 3 is 2.60 bits per heavy atom. The Balaban J connectivity index is 0.000000151. The third-order valence-corrected chi connectivity index (χ3v) is 4.61. The maximum atomic E-state index is 12.3. The summed E-state index contributed by atoms with van der Waals surface area (Å²) < 4.78 is 38.3. The quantitative estimate of drug-likeness (QED) is 0.525. The van der Waals surface area contributed by atoms with Crippen molar-refractivity contribution in [3.8, 4) is 11.3 Å². The highest BCUT2D eigenvalue weighted by atomic mass is 19.4. The van der Waals surface area contributed by atoms with E-state index in [0.717, 1.165) is 24.5 Å². The van der Waals surface area contributed by atoms with Crippen molar-refractivity contribution < 1.29 is 13.2 Å². The first-order chi connectivity index (χ1) is 14.3. The Morgan fingerprint density at radius 2 is 1.90 bits per heavy atom. The Kier molecular flexibility index (Phi) is 4.98. The topological polar surface area (TPSA) is 95.9 Å². The van der Waals surface area contributed by atoms with Crippen molar-refractivity contribution in [1.29, 1.82) is 0 Å². The molecule has 7 nitrogen and oxygen atoms in total. The van der Waals surface area contributed by atoms with Gasteiger partial charge in [0.1, 0.15) is 0 Å². The van der Waals surface area contributed by atoms with Gasteiger partial charge in [-0.05, 0) is 42.5 Å². The number of fused-ring (bicyclic) bond motifs is 1. The largest absolute Gasteiger partial charge is 0.416 e. The summed E-state index contributed by atoms with van der Waals surface area (Å²) in [6.45, 7) is 0. The molecular formula is C20H16F3N5O2. The molecule has 0 aliphatic heterocycles. The average molecular weight is 415 g/mol. The summed E-state index contributed by atoms with van der Waals surface area (Å²) in [6.07, 6.45) is 2.49. The predicted molar refractivity (Wildman–Crippen MR) is 103 cm³/mol. The highest BCUT2D eigenvalue weighted by molar-refractivity contribution is 5.57. The molecule has 5 rings (SSSR count). The van der Waals surface area contributed by atoms with E-state index in [1.807, 2.05) is 0 Å². The number of benzene rings is 1. The van der Waals surface area contributed by atoms with Crippen LogP contribution in [0.2, 0.25) is 0 Å². The van der Waals surface area contributed by atoms with Crippen LogP contribution in [0.25, 0.3) is 16.9 Å². The Labute approximate surface area is 167 Å². The number of halogens is 3. The molecule has 154 valence electrons. The first-order valence-corrected chi connectivity index (χ1v) is 9.11. The van der Waals surface area contributed by atoms with Gasteiger partial charge < -0.3 is 4.98 Å². The smallest absolute Gasteiger partial charge is 0.313 e. The second kappa shape index (κ2) is 7.62. The number of hydrogen-bond acceptors (Lipinski definition) is 4. The van der Waals surface area contributed by atoms with Gasteiger partial charge in [0.25, 0.3) is 5.56 Å². The first-order valence-electron chi connectivity index (χ1n) is 9.11. The third kappa shape index (κ3) is 4.32. The number of imidazole rings is 1. The molecule has 1 saturated carbocycles. The fourth-order valence-electron chi connectivity index (χ4n) is 2.94. The van der Waals surface area contributed by atoms with Gasteiger partial charge in [0.05, 0.1) is 16.8 Å². The lowest BCUT2D eigenvalue weighted by Gasteiger charge is -2.07. The minimum Gasteiger partial charge on any atom is -0.313 e. The molecule has 1 fully saturated rings. The zero-order valence-electron chi connectivity index (χ0n) is 15.5. The monoisotopic (exact) mass is 415 g/mol. The van der Waals surface area contributed by atoms with Crippen molar-refractivity contribution in [2.45, 2.75) is 24.9 Å². The SMILES string of the molecule is FC(F)(F)c1cccc(C2CC2)c1.O=c1[nH]cc(-c2ccc3nccn3n2)c(=O)[nH]1. The summed E-state index contributed by atoms with van der Waals surface area (Å²) in [7, 11) is 0. The Morgan fingerprint density at radius 1 is 1.10 bits per heavy atom. The fourth-order valence-corrected chi connectivity index (χ4v) is 2.94. The number of hydrogen-bond donors (Lipinski definition) is 2. The van der Waals surface area contributed by atoms with Gasteiger partial charge >= 0.3 is 11.9 Å². The lowest BCUT2D eigenvalue weighted by molar-refractivity contribution is -0.137. The van der Waals surface area contributed by atoms with Gasteiger partial charge in [0.15, 0.2) is 5.65 Å². The molecule has 3 aromatic heterocycles. The molecule has 10 heteroatoms. The molecule has 0 spiro atoms. The standard InChI is InChI=1S/C10H9F3.C10H7N5O2/c11-10(12,13)9-3-1-2-8(6-9)7-4-5-7;16-9-6(5-12-10(17)13-9)7-1-2-8-11-3-4-15(8)14-7/h1-3,6-7H,4-5H2;1-5H,(H2,12,13,16,17). The fraction of sp³-hybridized carbons (Fsp3) is 0.200. The minimum atomic E-state index is -4.20. The summed E-state index contributed by atoms with van der Waals surface area (Å²) in [6, 6.07) is 9.05. The first kappa shape index (κ1) is 19.6. The van der Waals surface area contributed by atoms with Crippen LogP contribution in [0.1, 0.15) is 29.9 Å². The molecular weight excluding hydrogens is 399 g/mol. The van der Waals surface area contributed by atoms with Crippen LogP contribution in [-0.2, 0) is 6.18 Å². The predicted octanol–water partition coefficient (Wildman–Crippen LogP) is 3.36. The summed E-state index contributed by atoms with van der Waals surface area (Å²) in [5.74, 6) is 0.377. The summed E-state index contributed by atoms with van der Waals surface area (Å²) >= 11 is 0. The summed E-state index contributed by atoms with van der Waals surface area (Å²) in [5, 5.41) is 4.21. The molecule has 0 radical (unpaired) electrons. The zero-order chi connectivity index (χ0) is 21.3. The molecule has 0 bridgehead atoms. The molecule has 0 amide bonds. The van der Waals surface area contributed by atoms with Gasteiger partial charge in [0.2, 0.25) is 0 Å². The van der Waals surface area contributed by atoms with Crippen LogP contribution in [-0.4, -0.2) is 24.6 Å². The molecule has 1 aromatic carbocycles. The molecule has 4 aromatic rings. The van der Waals surface area contributed by atoms with Gasteiger partial charge in [-0.1, -0.05) is 18.2 Å². The van der Waals surface area contributed by atoms with E-state index in [0.29, 0.717) is 22.8 Å². The second-order valence-corrected chi connectivity index (χ2v) is 6.83. The number of nitrogens with zero attached hydrogens (tertiary/aromatic N) is 3. The second-order valence-electron chi connectivity index (χ2n) is 6.83. The van der Waals surface area contributed by atoms with Crippen molar-refractivity contribution in [3.05, 3.63) is 87.0 Å². The maximum absolute atomic E-state index is 12.3. The van der Waals surface area contributed by atoms with Crippen LogP contribution >= 0.6 is 0 Å². The van der Waals surface area contributed by atoms with Crippen molar-refractivity contribution in [2.24, 2.45) is 0 Å². The number of alkyl halides is 3. The maximum Gasteiger partial charge on any atom is 0.416 e. The van der Waals surface area contributed by atoms with Crippen LogP contribution in [0, 0.1) is 0 Å². The highest BCUT2D eigenvalue weighted by Crippen LogP contribution is 2.41. The average Bonchev–Trinajstić information content (AvgIpc) is 3.45. The third-order valence-electron chi connectivity index (χ3n) is 4.61. The van der Waals surface area contributed by atoms with Crippen LogP contribution in [0.4, 0.5) is 13.2 Å². The van der Waals surface area contributed by atoms with Crippen LogP contribution in [0.5, 0.6) is 0 Å². The zero-order valence-corrected chi connectivity index (χ0v) is 15.5. The molecule has 1 aliphatic carbocycles. The van der Waals surface area contributed by atoms with Crippen LogP contribution < -0.4 is 11.2 Å². The van der Waals surface area contributed by atoms with E-state index >= 15 is 0 Å². The van der Waals surface area contributed by atoms with Crippen molar-refractivity contribution in [3.63, 3.8) is 0 Å². The molecule has 0 atom stereocenters. The molecule has 1 aliphatic rings. The molecule has 0 unspecified atom stereocenters. The molecule has 30 heavy (non-hydrogen) atoms. The van der Waals surface area contributed by atoms with Gasteiger partial charge in [-0.25, -0.2) is 14.3 Å². The number of nitrogens with one attached hydrogen (secondary N) is 2. The van der Waals surface area contributed by atoms with Gasteiger partial charge in [-0.15, -0.1) is 0 Å². The van der Waals surface area contributed by atoms with Crippen molar-refractivity contribution in [1.82, 2.24) is 24.6 Å². The highest BCUT2D eigenvalue weighted by Gasteiger charge is 2.32. The Bertz CT molecular complexity index is 1300.